The first-order valence-corrected chi connectivity index (χ1v) is 7.77. The van der Waals surface area contributed by atoms with Crippen LogP contribution in [0, 0.1) is 0 Å². The SMILES string of the molecule is CC(C)N(C)C(=O)CN1C(=O)NC(=O)C12CCCCCC2. The molecule has 2 fully saturated rings. The molecule has 0 unspecified atom stereocenters. The van der Waals surface area contributed by atoms with Crippen LogP contribution in [0.5, 0.6) is 0 Å². The average molecular weight is 295 g/mol. The molecule has 1 spiro atoms. The summed E-state index contributed by atoms with van der Waals surface area (Å²) in [6.45, 7) is 3.83. The fourth-order valence-corrected chi connectivity index (χ4v) is 3.17. The van der Waals surface area contributed by atoms with Crippen molar-refractivity contribution in [2.45, 2.75) is 64.0 Å². The lowest BCUT2D eigenvalue weighted by molar-refractivity contribution is -0.134. The van der Waals surface area contributed by atoms with Crippen molar-refractivity contribution in [3.8, 4) is 0 Å². The first-order chi connectivity index (χ1) is 9.88. The van der Waals surface area contributed by atoms with Crippen molar-refractivity contribution in [3.63, 3.8) is 0 Å². The second kappa shape index (κ2) is 6.03. The first kappa shape index (κ1) is 15.8. The molecule has 0 atom stereocenters. The Morgan fingerprint density at radius 1 is 1.24 bits per heavy atom. The maximum absolute atomic E-state index is 12.3. The summed E-state index contributed by atoms with van der Waals surface area (Å²) in [6, 6.07) is -0.351. The van der Waals surface area contributed by atoms with Crippen LogP contribution in [-0.2, 0) is 9.59 Å². The smallest absolute Gasteiger partial charge is 0.325 e. The lowest BCUT2D eigenvalue weighted by Crippen LogP contribution is -2.53. The molecule has 6 heteroatoms. The van der Waals surface area contributed by atoms with Crippen LogP contribution in [0.25, 0.3) is 0 Å². The monoisotopic (exact) mass is 295 g/mol. The zero-order valence-electron chi connectivity index (χ0n) is 13.1. The van der Waals surface area contributed by atoms with Crippen LogP contribution in [0.3, 0.4) is 0 Å². The van der Waals surface area contributed by atoms with Crippen LogP contribution in [0.2, 0.25) is 0 Å². The number of carbonyl (C=O) groups excluding carboxylic acids is 3. The van der Waals surface area contributed by atoms with Crippen LogP contribution >= 0.6 is 0 Å². The molecule has 1 aliphatic carbocycles. The van der Waals surface area contributed by atoms with E-state index in [1.54, 1.807) is 11.9 Å². The van der Waals surface area contributed by atoms with Crippen LogP contribution in [0.4, 0.5) is 4.79 Å². The summed E-state index contributed by atoms with van der Waals surface area (Å²) in [4.78, 5) is 39.8. The predicted molar refractivity (Wildman–Crippen MR) is 78.6 cm³/mol. The maximum atomic E-state index is 12.3. The molecule has 4 amide bonds. The minimum atomic E-state index is -0.805. The number of hydrogen-bond donors (Lipinski definition) is 1. The maximum Gasteiger partial charge on any atom is 0.325 e. The van der Waals surface area contributed by atoms with E-state index >= 15 is 0 Å². The third-order valence-electron chi connectivity index (χ3n) is 4.80. The molecule has 0 radical (unpaired) electrons. The molecule has 1 N–H and O–H groups in total. The van der Waals surface area contributed by atoms with Crippen molar-refractivity contribution in [1.29, 1.82) is 0 Å². The number of likely N-dealkylation sites (N-methyl/N-ethyl adjacent to an activating group) is 1. The summed E-state index contributed by atoms with van der Waals surface area (Å²) >= 11 is 0. The van der Waals surface area contributed by atoms with Crippen LogP contribution in [-0.4, -0.2) is 52.8 Å². The minimum absolute atomic E-state index is 0.0216. The number of urea groups is 1. The van der Waals surface area contributed by atoms with E-state index in [1.165, 1.54) is 4.90 Å². The number of nitrogens with zero attached hydrogens (tertiary/aromatic N) is 2. The molecule has 0 bridgehead atoms. The molecular weight excluding hydrogens is 270 g/mol. The molecule has 6 nitrogen and oxygen atoms in total. The fourth-order valence-electron chi connectivity index (χ4n) is 3.17. The Balaban J connectivity index is 2.20. The molecule has 0 aromatic rings. The van der Waals surface area contributed by atoms with Gasteiger partial charge in [0.05, 0.1) is 0 Å². The van der Waals surface area contributed by atoms with Crippen molar-refractivity contribution in [3.05, 3.63) is 0 Å². The molecule has 2 rings (SSSR count). The fraction of sp³-hybridized carbons (Fsp3) is 0.800. The Kier molecular flexibility index (Phi) is 4.54. The molecule has 2 aliphatic rings. The van der Waals surface area contributed by atoms with Crippen molar-refractivity contribution in [2.24, 2.45) is 0 Å². The number of imide groups is 1. The van der Waals surface area contributed by atoms with Gasteiger partial charge in [-0.25, -0.2) is 4.79 Å². The molecule has 1 saturated heterocycles. The lowest BCUT2D eigenvalue weighted by atomic mass is 9.88. The number of hydrogen-bond acceptors (Lipinski definition) is 3. The van der Waals surface area contributed by atoms with Crippen LogP contribution in [0.1, 0.15) is 52.4 Å². The highest BCUT2D eigenvalue weighted by Gasteiger charge is 2.52. The Labute approximate surface area is 125 Å². The van der Waals surface area contributed by atoms with Crippen LogP contribution < -0.4 is 5.32 Å². The number of amides is 4. The zero-order valence-corrected chi connectivity index (χ0v) is 13.1. The zero-order chi connectivity index (χ0) is 15.6. The van der Waals surface area contributed by atoms with Crippen LogP contribution in [0.15, 0.2) is 0 Å². The number of rotatable bonds is 3. The Bertz CT molecular complexity index is 439. The standard InChI is InChI=1S/C15H25N3O3/c1-11(2)17(3)12(19)10-18-14(21)16-13(20)15(18)8-6-4-5-7-9-15/h11H,4-10H2,1-3H3,(H,16,20,21). The quantitative estimate of drug-likeness (QED) is 0.802. The summed E-state index contributed by atoms with van der Waals surface area (Å²) in [5.74, 6) is -0.354. The van der Waals surface area contributed by atoms with Gasteiger partial charge in [-0.3, -0.25) is 14.9 Å². The molecule has 1 saturated carbocycles. The van der Waals surface area contributed by atoms with E-state index in [0.717, 1.165) is 25.7 Å². The number of carbonyl (C=O) groups is 3. The van der Waals surface area contributed by atoms with Gasteiger partial charge in [0, 0.05) is 13.1 Å². The van der Waals surface area contributed by atoms with Gasteiger partial charge in [-0.1, -0.05) is 25.7 Å². The molecule has 1 heterocycles. The van der Waals surface area contributed by atoms with E-state index in [9.17, 15) is 14.4 Å². The highest BCUT2D eigenvalue weighted by Crippen LogP contribution is 2.36. The summed E-state index contributed by atoms with van der Waals surface area (Å²) in [7, 11) is 1.72. The van der Waals surface area contributed by atoms with E-state index in [4.69, 9.17) is 0 Å². The summed E-state index contributed by atoms with van der Waals surface area (Å²) in [6.07, 6.45) is 5.32. The van der Waals surface area contributed by atoms with Crippen molar-refractivity contribution >= 4 is 17.8 Å². The lowest BCUT2D eigenvalue weighted by Gasteiger charge is -2.35. The predicted octanol–water partition coefficient (Wildman–Crippen LogP) is 1.50. The van der Waals surface area contributed by atoms with E-state index in [0.29, 0.717) is 12.8 Å². The molecule has 0 aromatic heterocycles. The molecule has 1 aliphatic heterocycles. The molecular formula is C15H25N3O3. The van der Waals surface area contributed by atoms with Crippen molar-refractivity contribution < 1.29 is 14.4 Å². The van der Waals surface area contributed by atoms with Crippen molar-refractivity contribution in [2.75, 3.05) is 13.6 Å². The van der Waals surface area contributed by atoms with Gasteiger partial charge in [-0.2, -0.15) is 0 Å². The van der Waals surface area contributed by atoms with Gasteiger partial charge < -0.3 is 9.80 Å². The summed E-state index contributed by atoms with van der Waals surface area (Å²) in [5.41, 5.74) is -0.805. The molecule has 118 valence electrons. The second-order valence-corrected chi connectivity index (χ2v) is 6.39. The minimum Gasteiger partial charge on any atom is -0.342 e. The third kappa shape index (κ3) is 2.89. The first-order valence-electron chi connectivity index (χ1n) is 7.77. The summed E-state index contributed by atoms with van der Waals surface area (Å²) in [5, 5.41) is 2.41. The van der Waals surface area contributed by atoms with Crippen molar-refractivity contribution in [1.82, 2.24) is 15.1 Å². The largest absolute Gasteiger partial charge is 0.342 e. The highest BCUT2D eigenvalue weighted by atomic mass is 16.2. The summed E-state index contributed by atoms with van der Waals surface area (Å²) < 4.78 is 0. The number of nitrogens with one attached hydrogen (secondary N) is 1. The highest BCUT2D eigenvalue weighted by molar-refractivity contribution is 6.08. The Hall–Kier alpha value is -1.59. The van der Waals surface area contributed by atoms with Gasteiger partial charge in [0.25, 0.3) is 5.91 Å². The average Bonchev–Trinajstić information content (AvgIpc) is 2.64. The van der Waals surface area contributed by atoms with Gasteiger partial charge >= 0.3 is 6.03 Å². The van der Waals surface area contributed by atoms with E-state index < -0.39 is 11.6 Å². The van der Waals surface area contributed by atoms with Gasteiger partial charge in [0.2, 0.25) is 5.91 Å². The van der Waals surface area contributed by atoms with E-state index in [-0.39, 0.29) is 24.4 Å². The van der Waals surface area contributed by atoms with E-state index in [1.807, 2.05) is 13.8 Å². The van der Waals surface area contributed by atoms with Gasteiger partial charge in [-0.15, -0.1) is 0 Å². The van der Waals surface area contributed by atoms with Gasteiger partial charge in [-0.05, 0) is 26.7 Å². The second-order valence-electron chi connectivity index (χ2n) is 6.39. The van der Waals surface area contributed by atoms with Gasteiger partial charge in [0.1, 0.15) is 12.1 Å². The van der Waals surface area contributed by atoms with E-state index in [2.05, 4.69) is 5.32 Å². The van der Waals surface area contributed by atoms with Gasteiger partial charge in [0.15, 0.2) is 0 Å². The third-order valence-corrected chi connectivity index (χ3v) is 4.80. The topological polar surface area (TPSA) is 69.7 Å². The Morgan fingerprint density at radius 2 is 1.81 bits per heavy atom. The Morgan fingerprint density at radius 3 is 2.33 bits per heavy atom. The molecule has 21 heavy (non-hydrogen) atoms. The molecule has 0 aromatic carbocycles. The normalized spacial score (nSPS) is 21.6.